The maximum absolute atomic E-state index is 5.51. The van der Waals surface area contributed by atoms with E-state index in [-0.39, 0.29) is 6.04 Å². The minimum atomic E-state index is 0.228. The molecular formula is C21H20N4O. The highest BCUT2D eigenvalue weighted by molar-refractivity contribution is 5.66. The lowest BCUT2D eigenvalue weighted by Crippen LogP contribution is -2.04. The Labute approximate surface area is 152 Å². The van der Waals surface area contributed by atoms with Crippen molar-refractivity contribution >= 4 is 5.69 Å². The van der Waals surface area contributed by atoms with Crippen LogP contribution in [0.3, 0.4) is 0 Å². The predicted octanol–water partition coefficient (Wildman–Crippen LogP) is 6.04. The maximum Gasteiger partial charge on any atom is 0.258 e. The number of aromatic nitrogens is 2. The zero-order valence-corrected chi connectivity index (χ0v) is 14.7. The van der Waals surface area contributed by atoms with Gasteiger partial charge in [-0.05, 0) is 43.4 Å². The summed E-state index contributed by atoms with van der Waals surface area (Å²) in [6.45, 7) is 2.05. The molecule has 1 saturated carbocycles. The van der Waals surface area contributed by atoms with Crippen LogP contribution in [0, 0.1) is 12.8 Å². The highest BCUT2D eigenvalue weighted by Gasteiger charge is 2.31. The van der Waals surface area contributed by atoms with Crippen LogP contribution in [-0.2, 0) is 0 Å². The Kier molecular flexibility index (Phi) is 3.66. The summed E-state index contributed by atoms with van der Waals surface area (Å²) >= 11 is 0. The summed E-state index contributed by atoms with van der Waals surface area (Å²) in [5.74, 6) is 1.77. The van der Waals surface area contributed by atoms with Crippen LogP contribution in [0.1, 0.15) is 42.9 Å². The van der Waals surface area contributed by atoms with Crippen molar-refractivity contribution in [3.8, 4) is 22.8 Å². The van der Waals surface area contributed by atoms with Crippen LogP contribution in [0.4, 0.5) is 5.69 Å². The quantitative estimate of drug-likeness (QED) is 0.582. The molecular weight excluding hydrogens is 324 g/mol. The molecule has 0 saturated heterocycles. The van der Waals surface area contributed by atoms with Gasteiger partial charge in [-0.1, -0.05) is 48.3 Å². The number of fused-ring (bicyclic) bond motifs is 1. The van der Waals surface area contributed by atoms with Gasteiger partial charge in [0.05, 0.1) is 5.69 Å². The fourth-order valence-corrected chi connectivity index (χ4v) is 4.10. The van der Waals surface area contributed by atoms with Crippen LogP contribution in [0.15, 0.2) is 57.2 Å². The van der Waals surface area contributed by atoms with E-state index in [9.17, 15) is 0 Å². The van der Waals surface area contributed by atoms with Gasteiger partial charge in [0.1, 0.15) is 6.04 Å². The number of hydrogen-bond donors (Lipinski definition) is 0. The first-order chi connectivity index (χ1) is 12.8. The minimum absolute atomic E-state index is 0.228. The van der Waals surface area contributed by atoms with E-state index >= 15 is 0 Å². The van der Waals surface area contributed by atoms with Crippen molar-refractivity contribution in [2.24, 2.45) is 16.1 Å². The molecule has 0 amide bonds. The molecule has 0 radical (unpaired) electrons. The molecule has 26 heavy (non-hydrogen) atoms. The Bertz CT molecular complexity index is 985. The third-order valence-corrected chi connectivity index (χ3v) is 5.54. The van der Waals surface area contributed by atoms with Gasteiger partial charge in [0.2, 0.25) is 5.82 Å². The topological polar surface area (TPSA) is 63.6 Å². The Morgan fingerprint density at radius 2 is 1.88 bits per heavy atom. The highest BCUT2D eigenvalue weighted by atomic mass is 16.5. The van der Waals surface area contributed by atoms with Crippen LogP contribution in [-0.4, -0.2) is 10.1 Å². The molecule has 1 unspecified atom stereocenters. The Balaban J connectivity index is 1.46. The van der Waals surface area contributed by atoms with E-state index < -0.39 is 0 Å². The molecule has 3 aromatic rings. The van der Waals surface area contributed by atoms with Crippen LogP contribution in [0.2, 0.25) is 0 Å². The average Bonchev–Trinajstić information content (AvgIpc) is 3.41. The SMILES string of the molecule is Cc1ccccc1-c1noc(-c2ccc3c(c2)N=NC3C2CCCC2)n1. The second kappa shape index (κ2) is 6.16. The van der Waals surface area contributed by atoms with Crippen LogP contribution in [0.5, 0.6) is 0 Å². The van der Waals surface area contributed by atoms with Crippen molar-refractivity contribution in [1.82, 2.24) is 10.1 Å². The van der Waals surface area contributed by atoms with E-state index in [1.165, 1.54) is 31.2 Å². The van der Waals surface area contributed by atoms with Crippen molar-refractivity contribution in [1.29, 1.82) is 0 Å². The van der Waals surface area contributed by atoms with Gasteiger partial charge < -0.3 is 4.52 Å². The average molecular weight is 344 g/mol. The zero-order chi connectivity index (χ0) is 17.5. The molecule has 2 aliphatic rings. The third kappa shape index (κ3) is 2.55. The summed E-state index contributed by atoms with van der Waals surface area (Å²) in [6, 6.07) is 14.5. The maximum atomic E-state index is 5.51. The van der Waals surface area contributed by atoms with Gasteiger partial charge in [-0.3, -0.25) is 0 Å². The molecule has 5 nitrogen and oxygen atoms in total. The third-order valence-electron chi connectivity index (χ3n) is 5.54. The van der Waals surface area contributed by atoms with Gasteiger partial charge in [-0.15, -0.1) is 0 Å². The monoisotopic (exact) mass is 344 g/mol. The molecule has 1 atom stereocenters. The second-order valence-electron chi connectivity index (χ2n) is 7.22. The summed E-state index contributed by atoms with van der Waals surface area (Å²) in [4.78, 5) is 4.58. The van der Waals surface area contributed by atoms with E-state index in [4.69, 9.17) is 4.52 Å². The molecule has 2 aromatic carbocycles. The van der Waals surface area contributed by atoms with Gasteiger partial charge in [0.15, 0.2) is 0 Å². The molecule has 0 bridgehead atoms. The fourth-order valence-electron chi connectivity index (χ4n) is 4.10. The molecule has 1 aliphatic heterocycles. The molecule has 0 spiro atoms. The number of aryl methyl sites for hydroxylation is 1. The summed E-state index contributed by atoms with van der Waals surface area (Å²) in [5.41, 5.74) is 5.18. The van der Waals surface area contributed by atoms with E-state index in [0.29, 0.717) is 17.6 Å². The van der Waals surface area contributed by atoms with Crippen molar-refractivity contribution in [2.75, 3.05) is 0 Å². The van der Waals surface area contributed by atoms with Crippen LogP contribution >= 0.6 is 0 Å². The van der Waals surface area contributed by atoms with Gasteiger partial charge in [0.25, 0.3) is 5.89 Å². The number of benzene rings is 2. The zero-order valence-electron chi connectivity index (χ0n) is 14.7. The molecule has 5 heteroatoms. The standard InChI is InChI=1S/C21H20N4O/c1-13-6-2-5-9-16(13)20-22-21(26-25-20)15-10-11-17-18(12-15)23-24-19(17)14-7-3-4-8-14/h2,5-6,9-12,14,19H,3-4,7-8H2,1H3. The van der Waals surface area contributed by atoms with Crippen molar-refractivity contribution < 1.29 is 4.52 Å². The molecule has 0 N–H and O–H groups in total. The van der Waals surface area contributed by atoms with E-state index in [0.717, 1.165) is 22.4 Å². The van der Waals surface area contributed by atoms with Crippen molar-refractivity contribution in [3.63, 3.8) is 0 Å². The Morgan fingerprint density at radius 3 is 2.73 bits per heavy atom. The normalized spacial score (nSPS) is 19.2. The first-order valence-electron chi connectivity index (χ1n) is 9.24. The van der Waals surface area contributed by atoms with Gasteiger partial charge in [-0.2, -0.15) is 15.2 Å². The number of rotatable bonds is 3. The fraction of sp³-hybridized carbons (Fsp3) is 0.333. The van der Waals surface area contributed by atoms with E-state index in [2.05, 4.69) is 26.4 Å². The summed E-state index contributed by atoms with van der Waals surface area (Å²) in [6.07, 6.45) is 5.14. The van der Waals surface area contributed by atoms with Gasteiger partial charge in [-0.25, -0.2) is 0 Å². The molecule has 130 valence electrons. The molecule has 1 fully saturated rings. The first-order valence-corrected chi connectivity index (χ1v) is 9.24. The molecule has 1 aromatic heterocycles. The van der Waals surface area contributed by atoms with Crippen molar-refractivity contribution in [3.05, 3.63) is 53.6 Å². The smallest absolute Gasteiger partial charge is 0.258 e. The summed E-state index contributed by atoms with van der Waals surface area (Å²) in [5, 5.41) is 13.1. The lowest BCUT2D eigenvalue weighted by Gasteiger charge is -2.15. The van der Waals surface area contributed by atoms with Gasteiger partial charge in [0, 0.05) is 16.7 Å². The number of hydrogen-bond acceptors (Lipinski definition) is 5. The minimum Gasteiger partial charge on any atom is -0.334 e. The number of nitrogens with zero attached hydrogens (tertiary/aromatic N) is 4. The molecule has 5 rings (SSSR count). The van der Waals surface area contributed by atoms with Crippen LogP contribution < -0.4 is 0 Å². The van der Waals surface area contributed by atoms with E-state index in [1.54, 1.807) is 0 Å². The van der Waals surface area contributed by atoms with Crippen molar-refractivity contribution in [2.45, 2.75) is 38.6 Å². The largest absolute Gasteiger partial charge is 0.334 e. The highest BCUT2D eigenvalue weighted by Crippen LogP contribution is 2.46. The summed E-state index contributed by atoms with van der Waals surface area (Å²) < 4.78 is 5.51. The van der Waals surface area contributed by atoms with E-state index in [1.807, 2.05) is 43.3 Å². The van der Waals surface area contributed by atoms with Gasteiger partial charge >= 0.3 is 0 Å². The number of azo groups is 1. The lowest BCUT2D eigenvalue weighted by molar-refractivity contribution is 0.432. The Morgan fingerprint density at radius 1 is 1.04 bits per heavy atom. The molecule has 2 heterocycles. The Hall–Kier alpha value is -2.82. The second-order valence-corrected chi connectivity index (χ2v) is 7.22. The lowest BCUT2D eigenvalue weighted by atomic mass is 9.91. The summed E-state index contributed by atoms with van der Waals surface area (Å²) in [7, 11) is 0. The van der Waals surface area contributed by atoms with Crippen LogP contribution in [0.25, 0.3) is 22.8 Å². The molecule has 1 aliphatic carbocycles. The predicted molar refractivity (Wildman–Crippen MR) is 99.1 cm³/mol. The first kappa shape index (κ1) is 15.4.